The summed E-state index contributed by atoms with van der Waals surface area (Å²) in [6.07, 6.45) is 2.62. The lowest BCUT2D eigenvalue weighted by molar-refractivity contribution is 0.121. The smallest absolute Gasteiger partial charge is 0.126 e. The minimum Gasteiger partial charge on any atom is -0.381 e. The van der Waals surface area contributed by atoms with E-state index in [1.165, 1.54) is 6.07 Å². The van der Waals surface area contributed by atoms with Crippen LogP contribution in [0.15, 0.2) is 24.3 Å². The molecule has 0 aliphatic heterocycles. The van der Waals surface area contributed by atoms with Crippen molar-refractivity contribution in [1.29, 1.82) is 0 Å². The molecule has 0 aliphatic rings. The average molecular weight is 239 g/mol. The van der Waals surface area contributed by atoms with Gasteiger partial charge < -0.3 is 10.5 Å². The van der Waals surface area contributed by atoms with Gasteiger partial charge in [-0.3, -0.25) is 0 Å². The van der Waals surface area contributed by atoms with Crippen molar-refractivity contribution in [1.82, 2.24) is 0 Å². The Morgan fingerprint density at radius 3 is 2.71 bits per heavy atom. The van der Waals surface area contributed by atoms with Crippen LogP contribution in [0.1, 0.15) is 25.3 Å². The van der Waals surface area contributed by atoms with Crippen LogP contribution in [0.2, 0.25) is 0 Å². The average Bonchev–Trinajstić information content (AvgIpc) is 2.35. The number of halogens is 1. The van der Waals surface area contributed by atoms with Gasteiger partial charge in [0, 0.05) is 13.2 Å². The van der Waals surface area contributed by atoms with E-state index in [0.717, 1.165) is 25.0 Å². The van der Waals surface area contributed by atoms with Crippen LogP contribution in [0, 0.1) is 11.7 Å². The lowest BCUT2D eigenvalue weighted by atomic mass is 9.96. The zero-order chi connectivity index (χ0) is 12.5. The molecule has 0 heterocycles. The number of ether oxygens (including phenoxy) is 1. The lowest BCUT2D eigenvalue weighted by Gasteiger charge is -2.15. The van der Waals surface area contributed by atoms with Crippen LogP contribution in [0.5, 0.6) is 0 Å². The van der Waals surface area contributed by atoms with Crippen LogP contribution < -0.4 is 5.73 Å². The molecular weight excluding hydrogens is 217 g/mol. The second kappa shape index (κ2) is 8.20. The van der Waals surface area contributed by atoms with Gasteiger partial charge in [-0.2, -0.15) is 0 Å². The van der Waals surface area contributed by atoms with Gasteiger partial charge >= 0.3 is 0 Å². The first-order valence-corrected chi connectivity index (χ1v) is 6.29. The fraction of sp³-hybridized carbons (Fsp3) is 0.571. The van der Waals surface area contributed by atoms with Crippen molar-refractivity contribution in [3.05, 3.63) is 35.6 Å². The molecule has 17 heavy (non-hydrogen) atoms. The maximum atomic E-state index is 13.5. The lowest BCUT2D eigenvalue weighted by Crippen LogP contribution is -2.19. The van der Waals surface area contributed by atoms with E-state index >= 15 is 0 Å². The molecule has 0 aliphatic carbocycles. The van der Waals surface area contributed by atoms with Crippen molar-refractivity contribution in [3.8, 4) is 0 Å². The predicted molar refractivity (Wildman–Crippen MR) is 68.4 cm³/mol. The Kier molecular flexibility index (Phi) is 6.82. The third kappa shape index (κ3) is 5.29. The highest BCUT2D eigenvalue weighted by Crippen LogP contribution is 2.14. The van der Waals surface area contributed by atoms with E-state index in [0.29, 0.717) is 25.5 Å². The zero-order valence-corrected chi connectivity index (χ0v) is 10.5. The van der Waals surface area contributed by atoms with Gasteiger partial charge in [-0.25, -0.2) is 4.39 Å². The maximum absolute atomic E-state index is 13.5. The van der Waals surface area contributed by atoms with E-state index in [-0.39, 0.29) is 5.82 Å². The number of rotatable bonds is 8. The summed E-state index contributed by atoms with van der Waals surface area (Å²) >= 11 is 0. The molecule has 0 amide bonds. The van der Waals surface area contributed by atoms with Crippen molar-refractivity contribution in [2.24, 2.45) is 11.7 Å². The predicted octanol–water partition coefficient (Wildman–Crippen LogP) is 2.76. The zero-order valence-electron chi connectivity index (χ0n) is 10.5. The minimum absolute atomic E-state index is 0.138. The number of hydrogen-bond acceptors (Lipinski definition) is 2. The molecule has 0 bridgehead atoms. The van der Waals surface area contributed by atoms with Crippen LogP contribution in [0.25, 0.3) is 0 Å². The van der Waals surface area contributed by atoms with Crippen LogP contribution >= 0.6 is 0 Å². The summed E-state index contributed by atoms with van der Waals surface area (Å²) < 4.78 is 18.9. The van der Waals surface area contributed by atoms with E-state index < -0.39 is 0 Å². The van der Waals surface area contributed by atoms with Gasteiger partial charge in [-0.05, 0) is 43.4 Å². The first-order valence-electron chi connectivity index (χ1n) is 6.29. The summed E-state index contributed by atoms with van der Waals surface area (Å²) in [6, 6.07) is 6.89. The molecule has 0 saturated heterocycles. The second-order valence-electron chi connectivity index (χ2n) is 4.30. The summed E-state index contributed by atoms with van der Waals surface area (Å²) in [5.41, 5.74) is 6.46. The van der Waals surface area contributed by atoms with Crippen molar-refractivity contribution in [3.63, 3.8) is 0 Å². The number of benzene rings is 1. The maximum Gasteiger partial charge on any atom is 0.126 e. The Bertz CT molecular complexity index is 317. The summed E-state index contributed by atoms with van der Waals surface area (Å²) in [7, 11) is 0. The van der Waals surface area contributed by atoms with Crippen molar-refractivity contribution < 1.29 is 9.13 Å². The van der Waals surface area contributed by atoms with E-state index in [1.54, 1.807) is 6.07 Å². The van der Waals surface area contributed by atoms with E-state index in [1.807, 2.05) is 12.1 Å². The first kappa shape index (κ1) is 14.1. The molecule has 1 atom stereocenters. The third-order valence-corrected chi connectivity index (χ3v) is 2.82. The van der Waals surface area contributed by atoms with Gasteiger partial charge in [-0.15, -0.1) is 0 Å². The normalized spacial score (nSPS) is 12.6. The molecule has 0 radical (unpaired) electrons. The largest absolute Gasteiger partial charge is 0.381 e. The standard InChI is InChI=1S/C14H22FNO/c1-2-8-17-9-7-12(11-16)10-13-5-3-4-6-14(13)15/h3-6,12H,2,7-11,16H2,1H3. The Morgan fingerprint density at radius 1 is 1.29 bits per heavy atom. The van der Waals surface area contributed by atoms with E-state index in [4.69, 9.17) is 10.5 Å². The van der Waals surface area contributed by atoms with Gasteiger partial charge in [0.25, 0.3) is 0 Å². The topological polar surface area (TPSA) is 35.2 Å². The molecule has 0 fully saturated rings. The molecule has 2 nitrogen and oxygen atoms in total. The molecule has 0 aromatic heterocycles. The molecular formula is C14H22FNO. The second-order valence-corrected chi connectivity index (χ2v) is 4.30. The molecule has 0 spiro atoms. The molecule has 1 aromatic rings. The molecule has 1 aromatic carbocycles. The quantitative estimate of drug-likeness (QED) is 0.708. The fourth-order valence-electron chi connectivity index (χ4n) is 1.77. The highest BCUT2D eigenvalue weighted by atomic mass is 19.1. The third-order valence-electron chi connectivity index (χ3n) is 2.82. The van der Waals surface area contributed by atoms with Crippen LogP contribution in [-0.2, 0) is 11.2 Å². The van der Waals surface area contributed by atoms with Crippen LogP contribution in [0.4, 0.5) is 4.39 Å². The van der Waals surface area contributed by atoms with Gasteiger partial charge in [0.1, 0.15) is 5.82 Å². The van der Waals surface area contributed by atoms with E-state index in [2.05, 4.69) is 6.92 Å². The summed E-state index contributed by atoms with van der Waals surface area (Å²) in [5.74, 6) is 0.157. The van der Waals surface area contributed by atoms with E-state index in [9.17, 15) is 4.39 Å². The van der Waals surface area contributed by atoms with Crippen molar-refractivity contribution >= 4 is 0 Å². The Morgan fingerprint density at radius 2 is 2.06 bits per heavy atom. The van der Waals surface area contributed by atoms with Crippen molar-refractivity contribution in [2.75, 3.05) is 19.8 Å². The highest BCUT2D eigenvalue weighted by Gasteiger charge is 2.10. The van der Waals surface area contributed by atoms with Gasteiger partial charge in [0.15, 0.2) is 0 Å². The molecule has 96 valence electrons. The number of hydrogen-bond donors (Lipinski definition) is 1. The first-order chi connectivity index (χ1) is 8.27. The molecule has 0 saturated carbocycles. The summed E-state index contributed by atoms with van der Waals surface area (Å²) in [5, 5.41) is 0. The van der Waals surface area contributed by atoms with Gasteiger partial charge in [0.2, 0.25) is 0 Å². The molecule has 3 heteroatoms. The molecule has 1 unspecified atom stereocenters. The molecule has 1 rings (SSSR count). The summed E-state index contributed by atoms with van der Waals surface area (Å²) in [4.78, 5) is 0. The Balaban J connectivity index is 2.38. The Labute approximate surface area is 103 Å². The van der Waals surface area contributed by atoms with Crippen LogP contribution in [0.3, 0.4) is 0 Å². The van der Waals surface area contributed by atoms with Gasteiger partial charge in [0.05, 0.1) is 0 Å². The summed E-state index contributed by atoms with van der Waals surface area (Å²) in [6.45, 7) is 4.16. The molecule has 2 N–H and O–H groups in total. The van der Waals surface area contributed by atoms with Gasteiger partial charge in [-0.1, -0.05) is 25.1 Å². The Hall–Kier alpha value is -0.930. The van der Waals surface area contributed by atoms with Crippen LogP contribution in [-0.4, -0.2) is 19.8 Å². The minimum atomic E-state index is -0.138. The fourth-order valence-corrected chi connectivity index (χ4v) is 1.77. The number of nitrogens with two attached hydrogens (primary N) is 1. The highest BCUT2D eigenvalue weighted by molar-refractivity contribution is 5.17. The monoisotopic (exact) mass is 239 g/mol. The van der Waals surface area contributed by atoms with Crippen molar-refractivity contribution in [2.45, 2.75) is 26.2 Å². The SMILES string of the molecule is CCCOCCC(CN)Cc1ccccc1F.